The molecule has 3 heterocycles. The summed E-state index contributed by atoms with van der Waals surface area (Å²) in [4.78, 5) is 21.6. The summed E-state index contributed by atoms with van der Waals surface area (Å²) >= 11 is 0. The van der Waals surface area contributed by atoms with E-state index in [1.54, 1.807) is 36.5 Å². The Labute approximate surface area is 199 Å². The molecule has 6 rings (SSSR count). The van der Waals surface area contributed by atoms with E-state index in [0.717, 1.165) is 11.2 Å². The number of anilines is 1. The Morgan fingerprint density at radius 3 is 2.74 bits per heavy atom. The van der Waals surface area contributed by atoms with Gasteiger partial charge in [-0.2, -0.15) is 0 Å². The maximum absolute atomic E-state index is 12.5. The summed E-state index contributed by atoms with van der Waals surface area (Å²) in [6, 6.07) is 18.5. The first-order valence-corrected chi connectivity index (χ1v) is 11.2. The van der Waals surface area contributed by atoms with Crippen LogP contribution in [0.25, 0.3) is 28.2 Å². The number of hydrogen-bond donors (Lipinski definition) is 2. The predicted octanol–water partition coefficient (Wildman–Crippen LogP) is 3.98. The second-order valence-electron chi connectivity index (χ2n) is 8.40. The van der Waals surface area contributed by atoms with Crippen molar-refractivity contribution in [2.45, 2.75) is 12.8 Å². The number of nitrogens with two attached hydrogens (primary N) is 1. The van der Waals surface area contributed by atoms with E-state index in [-0.39, 0.29) is 11.7 Å². The zero-order chi connectivity index (χ0) is 23.8. The number of aromatic nitrogens is 5. The van der Waals surface area contributed by atoms with Gasteiger partial charge in [0.2, 0.25) is 5.88 Å². The van der Waals surface area contributed by atoms with E-state index in [0.29, 0.717) is 46.7 Å². The Hall–Kier alpha value is -4.73. The van der Waals surface area contributed by atoms with Crippen LogP contribution in [0, 0.1) is 5.92 Å². The maximum Gasteiger partial charge on any atom is 0.251 e. The highest BCUT2D eigenvalue weighted by molar-refractivity contribution is 5.94. The van der Waals surface area contributed by atoms with Crippen molar-refractivity contribution in [1.29, 1.82) is 0 Å². The summed E-state index contributed by atoms with van der Waals surface area (Å²) in [5.41, 5.74) is 9.02. The van der Waals surface area contributed by atoms with Crippen molar-refractivity contribution >= 4 is 22.8 Å². The number of para-hydroxylation sites is 1. The summed E-state index contributed by atoms with van der Waals surface area (Å²) in [5.74, 6) is 1.96. The molecule has 0 unspecified atom stereocenters. The minimum Gasteiger partial charge on any atom is -0.439 e. The van der Waals surface area contributed by atoms with Gasteiger partial charge in [0, 0.05) is 23.9 Å². The lowest BCUT2D eigenvalue weighted by Gasteiger charge is -2.10. The molecule has 1 aliphatic carbocycles. The van der Waals surface area contributed by atoms with Crippen LogP contribution < -0.4 is 15.8 Å². The van der Waals surface area contributed by atoms with Gasteiger partial charge in [-0.25, -0.2) is 14.6 Å². The Morgan fingerprint density at radius 1 is 1.11 bits per heavy atom. The highest BCUT2D eigenvalue weighted by atomic mass is 16.6. The number of fused-ring (bicyclic) bond motifs is 1. The molecule has 10 nitrogen and oxygen atoms in total. The molecular weight excluding hydrogens is 446 g/mol. The van der Waals surface area contributed by atoms with Crippen molar-refractivity contribution in [1.82, 2.24) is 30.2 Å². The number of ether oxygens (including phenoxy) is 1. The molecule has 0 aliphatic heterocycles. The van der Waals surface area contributed by atoms with Gasteiger partial charge in [0.1, 0.15) is 11.3 Å². The largest absolute Gasteiger partial charge is 0.439 e. The van der Waals surface area contributed by atoms with Crippen LogP contribution in [-0.4, -0.2) is 37.3 Å². The van der Waals surface area contributed by atoms with Gasteiger partial charge in [-0.3, -0.25) is 9.36 Å². The quantitative estimate of drug-likeness (QED) is 0.367. The van der Waals surface area contributed by atoms with Gasteiger partial charge in [-0.05, 0) is 59.4 Å². The molecule has 1 fully saturated rings. The zero-order valence-electron chi connectivity index (χ0n) is 18.6. The molecule has 0 atom stereocenters. The fourth-order valence-electron chi connectivity index (χ4n) is 3.85. The number of amides is 1. The average molecular weight is 467 g/mol. The molecule has 174 valence electrons. The Bertz CT molecular complexity index is 1520. The van der Waals surface area contributed by atoms with E-state index < -0.39 is 0 Å². The minimum absolute atomic E-state index is 0.114. The van der Waals surface area contributed by atoms with Crippen LogP contribution in [0.2, 0.25) is 0 Å². The van der Waals surface area contributed by atoms with Gasteiger partial charge in [-0.1, -0.05) is 24.3 Å². The van der Waals surface area contributed by atoms with Crippen molar-refractivity contribution in [3.05, 3.63) is 72.4 Å². The molecule has 35 heavy (non-hydrogen) atoms. The van der Waals surface area contributed by atoms with Gasteiger partial charge in [-0.15, -0.1) is 0 Å². The molecule has 0 saturated heterocycles. The fourth-order valence-corrected chi connectivity index (χ4v) is 3.85. The van der Waals surface area contributed by atoms with E-state index in [2.05, 4.69) is 25.6 Å². The van der Waals surface area contributed by atoms with Gasteiger partial charge >= 0.3 is 0 Å². The summed E-state index contributed by atoms with van der Waals surface area (Å²) < 4.78 is 12.7. The first-order valence-electron chi connectivity index (χ1n) is 11.2. The third-order valence-electron chi connectivity index (χ3n) is 5.82. The number of benzene rings is 2. The maximum atomic E-state index is 12.5. The number of imidazole rings is 1. The molecule has 2 aromatic carbocycles. The number of carbonyl (C=O) groups excluding carboxylic acids is 1. The normalized spacial score (nSPS) is 13.1. The smallest absolute Gasteiger partial charge is 0.251 e. The highest BCUT2D eigenvalue weighted by Gasteiger charge is 2.23. The van der Waals surface area contributed by atoms with Gasteiger partial charge in [0.25, 0.3) is 5.91 Å². The number of nitrogen functional groups attached to an aromatic ring is 1. The second-order valence-corrected chi connectivity index (χ2v) is 8.40. The summed E-state index contributed by atoms with van der Waals surface area (Å²) in [7, 11) is 0. The van der Waals surface area contributed by atoms with Gasteiger partial charge in [0.15, 0.2) is 17.3 Å². The van der Waals surface area contributed by atoms with E-state index in [9.17, 15) is 4.79 Å². The Morgan fingerprint density at radius 2 is 1.97 bits per heavy atom. The lowest BCUT2D eigenvalue weighted by Crippen LogP contribution is -2.25. The molecular formula is C25H21N7O3. The molecule has 3 aromatic heterocycles. The van der Waals surface area contributed by atoms with Crippen LogP contribution in [0.3, 0.4) is 0 Å². The number of nitrogens with one attached hydrogen (secondary N) is 1. The standard InChI is InChI=1S/C25H21N7O3/c26-23-22(30-35-31-23)24-29-19-14-27-21(12-20(19)32(24)17-6-2-1-3-7-17)34-18-8-4-5-16(11-18)25(33)28-13-15-9-10-15/h1-8,11-12,14-15H,9-10,13H2,(H2,26,31)(H,28,33). The number of hydrogen-bond acceptors (Lipinski definition) is 8. The lowest BCUT2D eigenvalue weighted by atomic mass is 10.2. The molecule has 0 spiro atoms. The van der Waals surface area contributed by atoms with Crippen LogP contribution >= 0.6 is 0 Å². The van der Waals surface area contributed by atoms with E-state index in [4.69, 9.17) is 15.1 Å². The molecule has 5 aromatic rings. The number of nitrogens with zero attached hydrogens (tertiary/aromatic N) is 5. The Balaban J connectivity index is 1.36. The topological polar surface area (TPSA) is 134 Å². The molecule has 1 aliphatic rings. The monoisotopic (exact) mass is 467 g/mol. The molecule has 10 heteroatoms. The summed E-state index contributed by atoms with van der Waals surface area (Å²) in [5, 5.41) is 10.6. The fraction of sp³-hybridized carbons (Fsp3) is 0.160. The van der Waals surface area contributed by atoms with Crippen molar-refractivity contribution in [2.24, 2.45) is 5.92 Å². The van der Waals surface area contributed by atoms with E-state index in [1.165, 1.54) is 12.8 Å². The van der Waals surface area contributed by atoms with Crippen LogP contribution in [0.4, 0.5) is 5.82 Å². The minimum atomic E-state index is -0.114. The molecule has 0 bridgehead atoms. The third kappa shape index (κ3) is 4.17. The zero-order valence-corrected chi connectivity index (χ0v) is 18.6. The third-order valence-corrected chi connectivity index (χ3v) is 5.82. The van der Waals surface area contributed by atoms with E-state index in [1.807, 2.05) is 34.9 Å². The molecule has 1 amide bonds. The predicted molar refractivity (Wildman–Crippen MR) is 128 cm³/mol. The van der Waals surface area contributed by atoms with Crippen LogP contribution in [-0.2, 0) is 0 Å². The van der Waals surface area contributed by atoms with Gasteiger partial charge in [0.05, 0.1) is 11.7 Å². The summed E-state index contributed by atoms with van der Waals surface area (Å²) in [6.45, 7) is 0.708. The average Bonchev–Trinajstić information content (AvgIpc) is 3.50. The number of carbonyl (C=O) groups is 1. The Kier molecular flexibility index (Phi) is 5.10. The van der Waals surface area contributed by atoms with Gasteiger partial charge < -0.3 is 15.8 Å². The summed E-state index contributed by atoms with van der Waals surface area (Å²) in [6.07, 6.45) is 3.97. The number of rotatable bonds is 7. The first-order chi connectivity index (χ1) is 17.2. The molecule has 3 N–H and O–H groups in total. The lowest BCUT2D eigenvalue weighted by molar-refractivity contribution is 0.0951. The van der Waals surface area contributed by atoms with Crippen LogP contribution in [0.15, 0.2) is 71.5 Å². The van der Waals surface area contributed by atoms with Crippen molar-refractivity contribution < 1.29 is 14.2 Å². The molecule has 1 saturated carbocycles. The van der Waals surface area contributed by atoms with E-state index >= 15 is 0 Å². The SMILES string of the molecule is Nc1nonc1-c1nc2cnc(Oc3cccc(C(=O)NCC4CC4)c3)cc2n1-c1ccccc1. The van der Waals surface area contributed by atoms with Crippen molar-refractivity contribution in [3.63, 3.8) is 0 Å². The molecule has 0 radical (unpaired) electrons. The van der Waals surface area contributed by atoms with Crippen molar-refractivity contribution in [3.8, 4) is 28.8 Å². The first kappa shape index (κ1) is 20.8. The van der Waals surface area contributed by atoms with Crippen LogP contribution in [0.5, 0.6) is 11.6 Å². The number of pyridine rings is 1. The van der Waals surface area contributed by atoms with Crippen LogP contribution in [0.1, 0.15) is 23.2 Å². The van der Waals surface area contributed by atoms with Crippen molar-refractivity contribution in [2.75, 3.05) is 12.3 Å². The highest BCUT2D eigenvalue weighted by Crippen LogP contribution is 2.32. The second kappa shape index (κ2) is 8.56.